The normalized spacial score (nSPS) is 26.7. The summed E-state index contributed by atoms with van der Waals surface area (Å²) in [7, 11) is 1.60. The van der Waals surface area contributed by atoms with Crippen LogP contribution in [-0.4, -0.2) is 64.8 Å². The highest BCUT2D eigenvalue weighted by molar-refractivity contribution is 5.79. The molecule has 0 aromatic carbocycles. The topological polar surface area (TPSA) is 81.1 Å². The minimum Gasteiger partial charge on any atom is -0.465 e. The summed E-state index contributed by atoms with van der Waals surface area (Å²) in [4.78, 5) is 26.5. The van der Waals surface area contributed by atoms with Crippen molar-refractivity contribution in [3.05, 3.63) is 0 Å². The molecule has 1 heterocycles. The van der Waals surface area contributed by atoms with Crippen molar-refractivity contribution in [3.63, 3.8) is 0 Å². The second-order valence-corrected chi connectivity index (χ2v) is 6.77. The van der Waals surface area contributed by atoms with Gasteiger partial charge in [0.25, 0.3) is 0 Å². The van der Waals surface area contributed by atoms with Crippen molar-refractivity contribution in [2.75, 3.05) is 26.7 Å². The van der Waals surface area contributed by atoms with Crippen LogP contribution in [0.5, 0.6) is 0 Å². The van der Waals surface area contributed by atoms with E-state index in [4.69, 9.17) is 5.11 Å². The Balaban J connectivity index is 1.70. The van der Waals surface area contributed by atoms with Crippen molar-refractivity contribution in [3.8, 4) is 0 Å². The maximum atomic E-state index is 12.5. The predicted octanol–water partition coefficient (Wildman–Crippen LogP) is 1.78. The van der Waals surface area contributed by atoms with Crippen LogP contribution >= 0.6 is 0 Å². The third kappa shape index (κ3) is 4.60. The molecule has 1 saturated carbocycles. The minimum absolute atomic E-state index is 0.128. The van der Waals surface area contributed by atoms with Crippen molar-refractivity contribution in [2.45, 2.75) is 51.0 Å². The number of carboxylic acid groups (broad SMARTS) is 1. The first kappa shape index (κ1) is 17.1. The number of aliphatic hydroxyl groups excluding tert-OH is 1. The Morgan fingerprint density at radius 3 is 2.23 bits per heavy atom. The molecule has 2 fully saturated rings. The van der Waals surface area contributed by atoms with Gasteiger partial charge in [0.15, 0.2) is 0 Å². The Morgan fingerprint density at radius 2 is 1.68 bits per heavy atom. The van der Waals surface area contributed by atoms with E-state index >= 15 is 0 Å². The first-order chi connectivity index (χ1) is 10.5. The molecule has 2 aliphatic rings. The van der Waals surface area contributed by atoms with Crippen molar-refractivity contribution in [2.24, 2.45) is 11.8 Å². The maximum absolute atomic E-state index is 12.5. The SMILES string of the molecule is CN(CCC1CCC(C(=O)N2CCC(O)CC2)CC1)C(=O)O. The van der Waals surface area contributed by atoms with Gasteiger partial charge in [-0.25, -0.2) is 4.79 Å². The van der Waals surface area contributed by atoms with E-state index < -0.39 is 6.09 Å². The third-order valence-corrected chi connectivity index (χ3v) is 5.17. The molecule has 0 aromatic rings. The van der Waals surface area contributed by atoms with Crippen LogP contribution in [0.2, 0.25) is 0 Å². The summed E-state index contributed by atoms with van der Waals surface area (Å²) in [5.74, 6) is 0.922. The van der Waals surface area contributed by atoms with Gasteiger partial charge in [-0.15, -0.1) is 0 Å². The number of likely N-dealkylation sites (tertiary alicyclic amines) is 1. The Labute approximate surface area is 132 Å². The van der Waals surface area contributed by atoms with E-state index in [2.05, 4.69) is 0 Å². The van der Waals surface area contributed by atoms with Crippen molar-refractivity contribution in [1.29, 1.82) is 0 Å². The summed E-state index contributed by atoms with van der Waals surface area (Å²) in [6.07, 6.45) is 5.02. The lowest BCUT2D eigenvalue weighted by Crippen LogP contribution is -2.43. The molecule has 1 saturated heterocycles. The number of aliphatic hydroxyl groups is 1. The zero-order valence-electron chi connectivity index (χ0n) is 13.4. The standard InChI is InChI=1S/C16H28N2O4/c1-17(16(21)22)9-6-12-2-4-13(5-3-12)15(20)18-10-7-14(19)8-11-18/h12-14,19H,2-11H2,1H3,(H,21,22). The van der Waals surface area contributed by atoms with Crippen molar-refractivity contribution >= 4 is 12.0 Å². The molecular weight excluding hydrogens is 284 g/mol. The van der Waals surface area contributed by atoms with Gasteiger partial charge in [-0.05, 0) is 50.9 Å². The van der Waals surface area contributed by atoms with Crippen LogP contribution in [0, 0.1) is 11.8 Å². The highest BCUT2D eigenvalue weighted by Crippen LogP contribution is 2.32. The summed E-state index contributed by atoms with van der Waals surface area (Å²) >= 11 is 0. The summed E-state index contributed by atoms with van der Waals surface area (Å²) in [5, 5.41) is 18.4. The van der Waals surface area contributed by atoms with Crippen LogP contribution in [0.4, 0.5) is 4.79 Å². The van der Waals surface area contributed by atoms with Gasteiger partial charge in [0, 0.05) is 32.6 Å². The fraction of sp³-hybridized carbons (Fsp3) is 0.875. The van der Waals surface area contributed by atoms with Crippen molar-refractivity contribution < 1.29 is 19.8 Å². The number of hydrogen-bond acceptors (Lipinski definition) is 3. The molecule has 0 aromatic heterocycles. The van der Waals surface area contributed by atoms with Gasteiger partial charge >= 0.3 is 6.09 Å². The lowest BCUT2D eigenvalue weighted by Gasteiger charge is -2.35. The van der Waals surface area contributed by atoms with E-state index in [1.54, 1.807) is 7.05 Å². The number of carbonyl (C=O) groups is 2. The number of hydrogen-bond donors (Lipinski definition) is 2. The molecule has 0 spiro atoms. The molecule has 0 unspecified atom stereocenters. The van der Waals surface area contributed by atoms with Crippen LogP contribution in [0.3, 0.4) is 0 Å². The van der Waals surface area contributed by atoms with Crippen LogP contribution < -0.4 is 0 Å². The van der Waals surface area contributed by atoms with Crippen molar-refractivity contribution in [1.82, 2.24) is 9.80 Å². The Morgan fingerprint density at radius 1 is 1.09 bits per heavy atom. The van der Waals surface area contributed by atoms with Gasteiger partial charge in [0.05, 0.1) is 6.10 Å². The lowest BCUT2D eigenvalue weighted by atomic mass is 9.79. The Hall–Kier alpha value is -1.30. The number of rotatable bonds is 4. The first-order valence-corrected chi connectivity index (χ1v) is 8.38. The minimum atomic E-state index is -0.879. The van der Waals surface area contributed by atoms with Gasteiger partial charge in [-0.3, -0.25) is 4.79 Å². The van der Waals surface area contributed by atoms with E-state index in [0.717, 1.165) is 32.1 Å². The first-order valence-electron chi connectivity index (χ1n) is 8.38. The predicted molar refractivity (Wildman–Crippen MR) is 82.5 cm³/mol. The number of piperidine rings is 1. The van der Waals surface area contributed by atoms with Gasteiger partial charge in [0.2, 0.25) is 5.91 Å². The quantitative estimate of drug-likeness (QED) is 0.829. The van der Waals surface area contributed by atoms with Gasteiger partial charge in [-0.1, -0.05) is 0 Å². The molecule has 2 N–H and O–H groups in total. The highest BCUT2D eigenvalue weighted by atomic mass is 16.4. The summed E-state index contributed by atoms with van der Waals surface area (Å²) in [6.45, 7) is 1.94. The van der Waals surface area contributed by atoms with E-state index in [9.17, 15) is 14.7 Å². The second kappa shape index (κ2) is 7.81. The third-order valence-electron chi connectivity index (χ3n) is 5.17. The van der Waals surface area contributed by atoms with Gasteiger partial charge in [0.1, 0.15) is 0 Å². The van der Waals surface area contributed by atoms with Crippen LogP contribution in [0.1, 0.15) is 44.9 Å². The summed E-state index contributed by atoms with van der Waals surface area (Å²) in [6, 6.07) is 0. The van der Waals surface area contributed by atoms with Crippen LogP contribution in [-0.2, 0) is 4.79 Å². The van der Waals surface area contributed by atoms with Crippen LogP contribution in [0.15, 0.2) is 0 Å². The van der Waals surface area contributed by atoms with E-state index in [-0.39, 0.29) is 17.9 Å². The molecule has 2 rings (SSSR count). The molecule has 0 bridgehead atoms. The lowest BCUT2D eigenvalue weighted by molar-refractivity contribution is -0.138. The highest BCUT2D eigenvalue weighted by Gasteiger charge is 2.31. The molecular formula is C16H28N2O4. The molecule has 22 heavy (non-hydrogen) atoms. The molecule has 0 atom stereocenters. The fourth-order valence-electron chi connectivity index (χ4n) is 3.51. The second-order valence-electron chi connectivity index (χ2n) is 6.77. The van der Waals surface area contributed by atoms with Crippen LogP contribution in [0.25, 0.3) is 0 Å². The Kier molecular flexibility index (Phi) is 6.06. The molecule has 6 heteroatoms. The van der Waals surface area contributed by atoms with Gasteiger partial charge in [-0.2, -0.15) is 0 Å². The fourth-order valence-corrected chi connectivity index (χ4v) is 3.51. The summed E-state index contributed by atoms with van der Waals surface area (Å²) < 4.78 is 0. The molecule has 126 valence electrons. The van der Waals surface area contributed by atoms with E-state index in [0.29, 0.717) is 38.4 Å². The average Bonchev–Trinajstić information content (AvgIpc) is 2.53. The smallest absolute Gasteiger partial charge is 0.407 e. The van der Waals surface area contributed by atoms with Gasteiger partial charge < -0.3 is 20.0 Å². The largest absolute Gasteiger partial charge is 0.465 e. The van der Waals surface area contributed by atoms with E-state index in [1.165, 1.54) is 4.90 Å². The zero-order valence-corrected chi connectivity index (χ0v) is 13.4. The monoisotopic (exact) mass is 312 g/mol. The Bertz CT molecular complexity index is 386. The summed E-state index contributed by atoms with van der Waals surface area (Å²) in [5.41, 5.74) is 0. The number of carbonyl (C=O) groups excluding carboxylic acids is 1. The zero-order chi connectivity index (χ0) is 16.1. The average molecular weight is 312 g/mol. The van der Waals surface area contributed by atoms with E-state index in [1.807, 2.05) is 4.90 Å². The maximum Gasteiger partial charge on any atom is 0.407 e. The molecule has 1 aliphatic heterocycles. The number of amides is 2. The molecule has 1 aliphatic carbocycles. The molecule has 2 amide bonds. The molecule has 0 radical (unpaired) electrons. The number of nitrogens with zero attached hydrogens (tertiary/aromatic N) is 2. The molecule has 6 nitrogen and oxygen atoms in total.